The maximum atomic E-state index is 6.36. The topological polar surface area (TPSA) is 54.2 Å². The van der Waals surface area contributed by atoms with Gasteiger partial charge in [0.05, 0.1) is 5.69 Å². The molecular weight excluding hydrogens is 355 g/mol. The summed E-state index contributed by atoms with van der Waals surface area (Å²) in [4.78, 5) is 6.82. The first kappa shape index (κ1) is 18.2. The first-order chi connectivity index (χ1) is 12.2. The molecule has 1 aromatic heterocycles. The molecule has 4 nitrogen and oxygen atoms in total. The van der Waals surface area contributed by atoms with E-state index >= 15 is 0 Å². The fraction of sp³-hybridized carbons (Fsp3) is 0.421. The molecule has 1 saturated heterocycles. The van der Waals surface area contributed by atoms with E-state index in [0.29, 0.717) is 21.6 Å². The Morgan fingerprint density at radius 3 is 2.48 bits per heavy atom. The van der Waals surface area contributed by atoms with Crippen molar-refractivity contribution < 1.29 is 0 Å². The van der Waals surface area contributed by atoms with Gasteiger partial charge in [0.25, 0.3) is 0 Å². The van der Waals surface area contributed by atoms with Crippen molar-refractivity contribution in [2.24, 2.45) is 0 Å². The smallest absolute Gasteiger partial charge is 0.152 e. The summed E-state index contributed by atoms with van der Waals surface area (Å²) >= 11 is 12.7. The molecule has 2 heterocycles. The normalized spacial score (nSPS) is 14.1. The van der Waals surface area contributed by atoms with Crippen LogP contribution >= 0.6 is 23.2 Å². The molecule has 134 valence electrons. The molecule has 0 saturated carbocycles. The van der Waals surface area contributed by atoms with E-state index in [4.69, 9.17) is 28.9 Å². The fourth-order valence-corrected chi connectivity index (χ4v) is 3.62. The lowest BCUT2D eigenvalue weighted by atomic mass is 10.1. The van der Waals surface area contributed by atoms with Crippen LogP contribution in [0.15, 0.2) is 30.3 Å². The third-order valence-corrected chi connectivity index (χ3v) is 5.28. The Hall–Kier alpha value is -1.65. The summed E-state index contributed by atoms with van der Waals surface area (Å²) in [7, 11) is 0. The number of nitrogens with zero attached hydrogens (tertiary/aromatic N) is 2. The Kier molecular flexibility index (Phi) is 6.27. The summed E-state index contributed by atoms with van der Waals surface area (Å²) in [5.41, 5.74) is 7.86. The van der Waals surface area contributed by atoms with E-state index < -0.39 is 0 Å². The summed E-state index contributed by atoms with van der Waals surface area (Å²) in [5.74, 6) is 1.37. The maximum Gasteiger partial charge on any atom is 0.152 e. The number of aryl methyl sites for hydroxylation is 1. The molecular formula is C19H24Cl2N4. The lowest BCUT2D eigenvalue weighted by molar-refractivity contribution is 0.761. The molecule has 2 aromatic rings. The Labute approximate surface area is 159 Å². The number of anilines is 3. The molecule has 1 aliphatic rings. The van der Waals surface area contributed by atoms with Gasteiger partial charge in [0.2, 0.25) is 0 Å². The molecule has 0 radical (unpaired) electrons. The number of rotatable bonds is 7. The van der Waals surface area contributed by atoms with Gasteiger partial charge in [0, 0.05) is 19.6 Å². The van der Waals surface area contributed by atoms with Gasteiger partial charge in [-0.05, 0) is 37.7 Å². The van der Waals surface area contributed by atoms with Crippen LogP contribution in [0, 0.1) is 0 Å². The highest BCUT2D eigenvalue weighted by Crippen LogP contribution is 2.39. The van der Waals surface area contributed by atoms with Gasteiger partial charge in [0.15, 0.2) is 5.82 Å². The summed E-state index contributed by atoms with van der Waals surface area (Å²) in [6, 6.07) is 10.5. The average molecular weight is 379 g/mol. The zero-order valence-corrected chi connectivity index (χ0v) is 15.8. The van der Waals surface area contributed by atoms with Crippen molar-refractivity contribution in [3.05, 3.63) is 45.9 Å². The molecule has 1 fully saturated rings. The van der Waals surface area contributed by atoms with Gasteiger partial charge in [-0.15, -0.1) is 0 Å². The van der Waals surface area contributed by atoms with Gasteiger partial charge < -0.3 is 16.0 Å². The van der Waals surface area contributed by atoms with Crippen molar-refractivity contribution in [2.45, 2.75) is 32.1 Å². The van der Waals surface area contributed by atoms with Crippen molar-refractivity contribution in [2.75, 3.05) is 35.6 Å². The number of hydrogen-bond acceptors (Lipinski definition) is 4. The average Bonchev–Trinajstić information content (AvgIpc) is 3.16. The quantitative estimate of drug-likeness (QED) is 0.665. The van der Waals surface area contributed by atoms with Crippen LogP contribution in [0.4, 0.5) is 17.3 Å². The third kappa shape index (κ3) is 4.50. The second-order valence-corrected chi connectivity index (χ2v) is 7.15. The van der Waals surface area contributed by atoms with Crippen LogP contribution in [0.25, 0.3) is 0 Å². The number of nitrogen functional groups attached to an aromatic ring is 1. The lowest BCUT2D eigenvalue weighted by Gasteiger charge is -2.21. The Bertz CT molecular complexity index is 700. The van der Waals surface area contributed by atoms with Crippen molar-refractivity contribution in [1.29, 1.82) is 0 Å². The molecule has 1 aliphatic heterocycles. The van der Waals surface area contributed by atoms with E-state index in [1.807, 2.05) is 6.07 Å². The summed E-state index contributed by atoms with van der Waals surface area (Å²) in [6.45, 7) is 2.73. The van der Waals surface area contributed by atoms with Gasteiger partial charge in [-0.1, -0.05) is 53.5 Å². The van der Waals surface area contributed by atoms with Gasteiger partial charge in [-0.2, -0.15) is 0 Å². The highest BCUT2D eigenvalue weighted by atomic mass is 35.5. The summed E-state index contributed by atoms with van der Waals surface area (Å²) in [5, 5.41) is 4.20. The highest BCUT2D eigenvalue weighted by Gasteiger charge is 2.21. The third-order valence-electron chi connectivity index (χ3n) is 4.53. The first-order valence-corrected chi connectivity index (χ1v) is 9.59. The van der Waals surface area contributed by atoms with Crippen molar-refractivity contribution in [1.82, 2.24) is 4.98 Å². The minimum Gasteiger partial charge on any atom is -0.396 e. The van der Waals surface area contributed by atoms with Gasteiger partial charge in [0.1, 0.15) is 15.9 Å². The Balaban J connectivity index is 1.58. The number of hydrogen-bond donors (Lipinski definition) is 2. The van der Waals surface area contributed by atoms with Gasteiger partial charge in [-0.25, -0.2) is 4.98 Å². The number of benzene rings is 1. The first-order valence-electron chi connectivity index (χ1n) is 8.84. The maximum absolute atomic E-state index is 6.36. The molecule has 0 unspecified atom stereocenters. The minimum absolute atomic E-state index is 0.409. The standard InChI is InChI=1S/C19H24Cl2N4/c20-15-17(22)16(21)19(25-12-6-7-13-25)24-18(15)23-11-5-4-10-14-8-2-1-3-9-14/h1-3,8-9H,4-7,10-13H2,(H3,22,23,24). The highest BCUT2D eigenvalue weighted by molar-refractivity contribution is 6.41. The molecule has 0 spiro atoms. The van der Waals surface area contributed by atoms with Gasteiger partial charge in [-0.3, -0.25) is 0 Å². The molecule has 1 aromatic carbocycles. The van der Waals surface area contributed by atoms with E-state index in [9.17, 15) is 0 Å². The predicted octanol–water partition coefficient (Wildman–Crippen LogP) is 5.01. The predicted molar refractivity (Wildman–Crippen MR) is 108 cm³/mol. The van der Waals surface area contributed by atoms with E-state index in [2.05, 4.69) is 39.5 Å². The second-order valence-electron chi connectivity index (χ2n) is 6.39. The van der Waals surface area contributed by atoms with Crippen LogP contribution in [0.3, 0.4) is 0 Å². The van der Waals surface area contributed by atoms with Crippen molar-refractivity contribution in [3.8, 4) is 0 Å². The summed E-state index contributed by atoms with van der Waals surface area (Å²) in [6.07, 6.45) is 5.53. The molecule has 25 heavy (non-hydrogen) atoms. The number of nitrogens with two attached hydrogens (primary N) is 1. The molecule has 6 heteroatoms. The zero-order chi connectivity index (χ0) is 17.6. The van der Waals surface area contributed by atoms with Crippen LogP contribution in [-0.2, 0) is 6.42 Å². The number of halogens is 2. The van der Waals surface area contributed by atoms with Crippen LogP contribution in [0.5, 0.6) is 0 Å². The zero-order valence-electron chi connectivity index (χ0n) is 14.3. The Morgan fingerprint density at radius 1 is 1.04 bits per heavy atom. The molecule has 0 aliphatic carbocycles. The SMILES string of the molecule is Nc1c(Cl)c(NCCCCc2ccccc2)nc(N2CCCC2)c1Cl. The molecule has 3 N–H and O–H groups in total. The summed E-state index contributed by atoms with van der Waals surface area (Å²) < 4.78 is 0. The van der Waals surface area contributed by atoms with Crippen LogP contribution in [0.2, 0.25) is 10.0 Å². The van der Waals surface area contributed by atoms with Crippen molar-refractivity contribution in [3.63, 3.8) is 0 Å². The number of unbranched alkanes of at least 4 members (excludes halogenated alkanes) is 1. The number of nitrogens with one attached hydrogen (secondary N) is 1. The minimum atomic E-state index is 0.409. The number of aromatic nitrogens is 1. The molecule has 3 rings (SSSR count). The molecule has 0 amide bonds. The van der Waals surface area contributed by atoms with E-state index in [1.165, 1.54) is 5.56 Å². The molecule has 0 atom stereocenters. The molecule has 0 bridgehead atoms. The largest absolute Gasteiger partial charge is 0.396 e. The van der Waals surface area contributed by atoms with Crippen LogP contribution in [-0.4, -0.2) is 24.6 Å². The van der Waals surface area contributed by atoms with Crippen LogP contribution in [0.1, 0.15) is 31.2 Å². The lowest BCUT2D eigenvalue weighted by Crippen LogP contribution is -2.21. The number of pyridine rings is 1. The van der Waals surface area contributed by atoms with Gasteiger partial charge >= 0.3 is 0 Å². The monoisotopic (exact) mass is 378 g/mol. The Morgan fingerprint density at radius 2 is 1.76 bits per heavy atom. The van der Waals surface area contributed by atoms with Crippen LogP contribution < -0.4 is 16.0 Å². The van der Waals surface area contributed by atoms with E-state index in [0.717, 1.165) is 57.6 Å². The second kappa shape index (κ2) is 8.63. The van der Waals surface area contributed by atoms with E-state index in [-0.39, 0.29) is 0 Å². The fourth-order valence-electron chi connectivity index (χ4n) is 3.11. The van der Waals surface area contributed by atoms with E-state index in [1.54, 1.807) is 0 Å². The van der Waals surface area contributed by atoms with Crippen molar-refractivity contribution >= 4 is 40.5 Å².